The Bertz CT molecular complexity index is 771. The number of hydrogen-bond donors (Lipinski definition) is 0. The Kier molecular flexibility index (Phi) is 4.75. The van der Waals surface area contributed by atoms with Gasteiger partial charge in [-0.3, -0.25) is 4.79 Å². The molecule has 2 heterocycles. The summed E-state index contributed by atoms with van der Waals surface area (Å²) in [6, 6.07) is 5.14. The van der Waals surface area contributed by atoms with E-state index in [4.69, 9.17) is 4.74 Å². The van der Waals surface area contributed by atoms with Crippen molar-refractivity contribution in [2.24, 2.45) is 0 Å². The number of benzene rings is 1. The third kappa shape index (κ3) is 3.38. The average Bonchev–Trinajstić information content (AvgIpc) is 3.03. The van der Waals surface area contributed by atoms with Gasteiger partial charge in [-0.1, -0.05) is 0 Å². The summed E-state index contributed by atoms with van der Waals surface area (Å²) in [6.45, 7) is 0.549. The fraction of sp³-hybridized carbons (Fsp3) is 0.250. The van der Waals surface area contributed by atoms with Crippen LogP contribution in [0.1, 0.15) is 16.8 Å². The third-order valence-electron chi connectivity index (χ3n) is 3.69. The third-order valence-corrected chi connectivity index (χ3v) is 4.15. The van der Waals surface area contributed by atoms with Crippen LogP contribution in [0.3, 0.4) is 0 Å². The van der Waals surface area contributed by atoms with E-state index in [0.717, 1.165) is 16.6 Å². The molecule has 2 aromatic rings. The molecule has 126 valence electrons. The minimum Gasteiger partial charge on any atom is -0.472 e. The lowest BCUT2D eigenvalue weighted by atomic mass is 10.1. The zero-order valence-corrected chi connectivity index (χ0v) is 13.9. The second-order valence-corrected chi connectivity index (χ2v) is 6.23. The lowest BCUT2D eigenvalue weighted by Gasteiger charge is -2.17. The zero-order valence-electron chi connectivity index (χ0n) is 12.3. The maximum atomic E-state index is 13.7. The molecular formula is C16H12BrF3N2O2. The van der Waals surface area contributed by atoms with Crippen molar-refractivity contribution >= 4 is 21.8 Å². The van der Waals surface area contributed by atoms with Gasteiger partial charge in [0.25, 0.3) is 5.91 Å². The summed E-state index contributed by atoms with van der Waals surface area (Å²) < 4.78 is 46.5. The molecule has 4 nitrogen and oxygen atoms in total. The normalized spacial score (nSPS) is 17.2. The number of rotatable bonds is 3. The largest absolute Gasteiger partial charge is 0.472 e. The standard InChI is InChI=1S/C16H12BrF3N2O2/c17-9-1-4-13(21-7-9)24-10-5-6-22(8-10)16(23)11-2-3-12(18)15(20)14(11)19/h1-4,7,10H,5-6,8H2. The van der Waals surface area contributed by atoms with E-state index in [1.165, 1.54) is 4.90 Å². The van der Waals surface area contributed by atoms with E-state index in [2.05, 4.69) is 20.9 Å². The van der Waals surface area contributed by atoms with Crippen LogP contribution in [-0.2, 0) is 0 Å². The summed E-state index contributed by atoms with van der Waals surface area (Å²) in [7, 11) is 0. The van der Waals surface area contributed by atoms with Crippen molar-refractivity contribution in [1.29, 1.82) is 0 Å². The number of nitrogens with zero attached hydrogens (tertiary/aromatic N) is 2. The van der Waals surface area contributed by atoms with E-state index < -0.39 is 28.9 Å². The van der Waals surface area contributed by atoms with E-state index in [1.807, 2.05) is 0 Å². The van der Waals surface area contributed by atoms with Crippen LogP contribution in [0.25, 0.3) is 0 Å². The van der Waals surface area contributed by atoms with Gasteiger partial charge in [-0.25, -0.2) is 18.2 Å². The first kappa shape index (κ1) is 16.8. The Balaban J connectivity index is 1.68. The molecule has 1 fully saturated rings. The van der Waals surface area contributed by atoms with Crippen molar-refractivity contribution in [1.82, 2.24) is 9.88 Å². The van der Waals surface area contributed by atoms with Gasteiger partial charge in [0.05, 0.1) is 12.1 Å². The number of halogens is 4. The molecule has 1 saturated heterocycles. The molecule has 1 unspecified atom stereocenters. The van der Waals surface area contributed by atoms with E-state index >= 15 is 0 Å². The Hall–Kier alpha value is -2.09. The smallest absolute Gasteiger partial charge is 0.257 e. The first-order valence-corrected chi connectivity index (χ1v) is 7.96. The van der Waals surface area contributed by atoms with Gasteiger partial charge in [-0.2, -0.15) is 0 Å². The zero-order chi connectivity index (χ0) is 17.3. The Morgan fingerprint density at radius 2 is 2.00 bits per heavy atom. The van der Waals surface area contributed by atoms with Crippen LogP contribution < -0.4 is 4.74 Å². The van der Waals surface area contributed by atoms with Crippen molar-refractivity contribution in [3.05, 3.63) is 58.0 Å². The van der Waals surface area contributed by atoms with Gasteiger partial charge in [0.1, 0.15) is 6.10 Å². The first-order valence-electron chi connectivity index (χ1n) is 7.16. The summed E-state index contributed by atoms with van der Waals surface area (Å²) in [5.41, 5.74) is -0.490. The predicted octanol–water partition coefficient (Wildman–Crippen LogP) is 3.55. The average molecular weight is 401 g/mol. The summed E-state index contributed by atoms with van der Waals surface area (Å²) in [5, 5.41) is 0. The van der Waals surface area contributed by atoms with Crippen LogP contribution in [-0.4, -0.2) is 35.0 Å². The second kappa shape index (κ2) is 6.80. The summed E-state index contributed by atoms with van der Waals surface area (Å²) in [6.07, 6.45) is 1.83. The second-order valence-electron chi connectivity index (χ2n) is 5.32. The molecule has 1 aliphatic heterocycles. The number of carbonyl (C=O) groups is 1. The van der Waals surface area contributed by atoms with Gasteiger partial charge in [0, 0.05) is 29.7 Å². The van der Waals surface area contributed by atoms with Crippen LogP contribution in [0.2, 0.25) is 0 Å². The molecule has 0 saturated carbocycles. The summed E-state index contributed by atoms with van der Waals surface area (Å²) in [5.74, 6) is -4.73. The molecule has 1 aliphatic rings. The van der Waals surface area contributed by atoms with Gasteiger partial charge in [-0.05, 0) is 34.1 Å². The highest BCUT2D eigenvalue weighted by Crippen LogP contribution is 2.22. The predicted molar refractivity (Wildman–Crippen MR) is 83.2 cm³/mol. The molecule has 0 spiro atoms. The number of aromatic nitrogens is 1. The first-order chi connectivity index (χ1) is 11.5. The lowest BCUT2D eigenvalue weighted by molar-refractivity contribution is 0.0765. The van der Waals surface area contributed by atoms with Gasteiger partial charge in [0.2, 0.25) is 5.88 Å². The minimum atomic E-state index is -1.65. The van der Waals surface area contributed by atoms with Gasteiger partial charge in [0.15, 0.2) is 17.5 Å². The van der Waals surface area contributed by atoms with E-state index in [1.54, 1.807) is 18.3 Å². The van der Waals surface area contributed by atoms with Crippen molar-refractivity contribution in [2.45, 2.75) is 12.5 Å². The monoisotopic (exact) mass is 400 g/mol. The Morgan fingerprint density at radius 3 is 2.71 bits per heavy atom. The number of likely N-dealkylation sites (tertiary alicyclic amines) is 1. The molecule has 0 radical (unpaired) electrons. The quantitative estimate of drug-likeness (QED) is 0.739. The van der Waals surface area contributed by atoms with E-state index in [0.29, 0.717) is 18.8 Å². The molecule has 3 rings (SSSR count). The minimum absolute atomic E-state index is 0.217. The van der Waals surface area contributed by atoms with Crippen molar-refractivity contribution < 1.29 is 22.7 Å². The Morgan fingerprint density at radius 1 is 1.21 bits per heavy atom. The molecule has 0 bridgehead atoms. The van der Waals surface area contributed by atoms with Gasteiger partial charge >= 0.3 is 0 Å². The molecule has 0 aliphatic carbocycles. The van der Waals surface area contributed by atoms with Crippen LogP contribution in [0, 0.1) is 17.5 Å². The molecule has 8 heteroatoms. The molecule has 24 heavy (non-hydrogen) atoms. The fourth-order valence-electron chi connectivity index (χ4n) is 2.47. The maximum Gasteiger partial charge on any atom is 0.257 e. The SMILES string of the molecule is O=C(c1ccc(F)c(F)c1F)N1CCC(Oc2ccc(Br)cn2)C1. The highest BCUT2D eigenvalue weighted by molar-refractivity contribution is 9.10. The van der Waals surface area contributed by atoms with Crippen molar-refractivity contribution in [3.8, 4) is 5.88 Å². The van der Waals surface area contributed by atoms with Crippen LogP contribution in [0.4, 0.5) is 13.2 Å². The summed E-state index contributed by atoms with van der Waals surface area (Å²) in [4.78, 5) is 17.7. The number of ether oxygens (including phenoxy) is 1. The number of pyridine rings is 1. The van der Waals surface area contributed by atoms with Gasteiger partial charge < -0.3 is 9.64 Å². The van der Waals surface area contributed by atoms with Crippen LogP contribution >= 0.6 is 15.9 Å². The number of carbonyl (C=O) groups excluding carboxylic acids is 1. The highest BCUT2D eigenvalue weighted by atomic mass is 79.9. The maximum absolute atomic E-state index is 13.7. The highest BCUT2D eigenvalue weighted by Gasteiger charge is 2.31. The van der Waals surface area contributed by atoms with Crippen LogP contribution in [0.15, 0.2) is 34.9 Å². The van der Waals surface area contributed by atoms with E-state index in [-0.39, 0.29) is 12.6 Å². The molecule has 1 atom stereocenters. The molecular weight excluding hydrogens is 389 g/mol. The van der Waals surface area contributed by atoms with E-state index in [9.17, 15) is 18.0 Å². The topological polar surface area (TPSA) is 42.4 Å². The molecule has 1 aromatic heterocycles. The van der Waals surface area contributed by atoms with Crippen LogP contribution in [0.5, 0.6) is 5.88 Å². The number of hydrogen-bond acceptors (Lipinski definition) is 3. The molecule has 0 N–H and O–H groups in total. The van der Waals surface area contributed by atoms with Crippen molar-refractivity contribution in [3.63, 3.8) is 0 Å². The summed E-state index contributed by atoms with van der Waals surface area (Å²) >= 11 is 3.27. The van der Waals surface area contributed by atoms with Crippen molar-refractivity contribution in [2.75, 3.05) is 13.1 Å². The molecule has 1 aromatic carbocycles. The number of amides is 1. The van der Waals surface area contributed by atoms with Gasteiger partial charge in [-0.15, -0.1) is 0 Å². The fourth-order valence-corrected chi connectivity index (χ4v) is 2.71. The molecule has 1 amide bonds. The Labute approximate surface area is 144 Å². The lowest BCUT2D eigenvalue weighted by Crippen LogP contribution is -2.31.